The number of carbonyl (C=O) groups excluding carboxylic acids is 1. The summed E-state index contributed by atoms with van der Waals surface area (Å²) in [5.41, 5.74) is 3.84. The fraction of sp³-hybridized carbons (Fsp3) is 0.318. The van der Waals surface area contributed by atoms with E-state index in [0.717, 1.165) is 34.7 Å². The Kier molecular flexibility index (Phi) is 4.16. The zero-order chi connectivity index (χ0) is 19.3. The number of aliphatic imine (C=N–C) groups is 1. The molecule has 0 radical (unpaired) electrons. The lowest BCUT2D eigenvalue weighted by atomic mass is 9.68. The van der Waals surface area contributed by atoms with E-state index in [1.165, 1.54) is 4.88 Å². The highest BCUT2D eigenvalue weighted by Crippen LogP contribution is 2.49. The van der Waals surface area contributed by atoms with Gasteiger partial charge in [-0.15, -0.1) is 11.3 Å². The molecule has 1 fully saturated rings. The van der Waals surface area contributed by atoms with Crippen molar-refractivity contribution >= 4 is 28.7 Å². The van der Waals surface area contributed by atoms with Crippen molar-refractivity contribution in [1.29, 1.82) is 0 Å². The zero-order valence-corrected chi connectivity index (χ0v) is 16.5. The van der Waals surface area contributed by atoms with Crippen molar-refractivity contribution in [3.63, 3.8) is 0 Å². The number of ketones is 1. The van der Waals surface area contributed by atoms with E-state index in [-0.39, 0.29) is 23.5 Å². The van der Waals surface area contributed by atoms with Crippen LogP contribution >= 0.6 is 11.3 Å². The second kappa shape index (κ2) is 6.71. The van der Waals surface area contributed by atoms with E-state index in [2.05, 4.69) is 16.6 Å². The first-order chi connectivity index (χ1) is 13.7. The largest absolute Gasteiger partial charge is 0.497 e. The first kappa shape index (κ1) is 17.4. The average Bonchev–Trinajstić information content (AvgIpc) is 3.37. The normalized spacial score (nSPS) is 23.7. The molecular formula is C22H20N2O3S. The molecule has 3 atom stereocenters. The minimum atomic E-state index is -0.223. The summed E-state index contributed by atoms with van der Waals surface area (Å²) in [6, 6.07) is 12.1. The van der Waals surface area contributed by atoms with Crippen LogP contribution in [0.15, 0.2) is 51.3 Å². The lowest BCUT2D eigenvalue weighted by molar-refractivity contribution is -0.122. The van der Waals surface area contributed by atoms with E-state index in [1.807, 2.05) is 37.3 Å². The van der Waals surface area contributed by atoms with Crippen molar-refractivity contribution in [3.8, 4) is 5.75 Å². The van der Waals surface area contributed by atoms with Crippen molar-refractivity contribution in [3.05, 3.63) is 63.5 Å². The molecule has 1 aromatic carbocycles. The van der Waals surface area contributed by atoms with Crippen LogP contribution in [0.1, 0.15) is 46.4 Å². The van der Waals surface area contributed by atoms with Crippen LogP contribution < -0.4 is 4.74 Å². The molecule has 6 heteroatoms. The summed E-state index contributed by atoms with van der Waals surface area (Å²) in [7, 11) is 1.65. The Morgan fingerprint density at radius 1 is 1.14 bits per heavy atom. The molecule has 0 spiro atoms. The van der Waals surface area contributed by atoms with E-state index in [1.54, 1.807) is 18.4 Å². The van der Waals surface area contributed by atoms with Gasteiger partial charge in [0.1, 0.15) is 11.5 Å². The van der Waals surface area contributed by atoms with Crippen molar-refractivity contribution in [1.82, 2.24) is 5.16 Å². The molecular weight excluding hydrogens is 372 g/mol. The summed E-state index contributed by atoms with van der Waals surface area (Å²) < 4.78 is 10.8. The Bertz CT molecular complexity index is 1050. The molecule has 0 saturated heterocycles. The second-order valence-electron chi connectivity index (χ2n) is 7.41. The first-order valence-corrected chi connectivity index (χ1v) is 10.3. The predicted molar refractivity (Wildman–Crippen MR) is 108 cm³/mol. The number of rotatable bonds is 3. The highest BCUT2D eigenvalue weighted by molar-refractivity contribution is 7.10. The first-order valence-electron chi connectivity index (χ1n) is 9.39. The fourth-order valence-electron chi connectivity index (χ4n) is 4.49. The van der Waals surface area contributed by atoms with Gasteiger partial charge in [0, 0.05) is 22.9 Å². The maximum absolute atomic E-state index is 13.3. The minimum Gasteiger partial charge on any atom is -0.497 e. The number of hydrogen-bond donors (Lipinski definition) is 0. The number of ether oxygens (including phenoxy) is 1. The Morgan fingerprint density at radius 2 is 1.96 bits per heavy atom. The van der Waals surface area contributed by atoms with Crippen molar-refractivity contribution in [2.75, 3.05) is 7.11 Å². The molecule has 2 aliphatic rings. The Hall–Kier alpha value is -2.73. The van der Waals surface area contributed by atoms with Gasteiger partial charge in [-0.3, -0.25) is 4.79 Å². The van der Waals surface area contributed by atoms with Gasteiger partial charge in [0.25, 0.3) is 5.88 Å². The van der Waals surface area contributed by atoms with Crippen LogP contribution in [0.3, 0.4) is 0 Å². The maximum Gasteiger partial charge on any atom is 0.254 e. The monoisotopic (exact) mass is 392 g/mol. The molecule has 1 saturated carbocycles. The molecule has 142 valence electrons. The fourth-order valence-corrected chi connectivity index (χ4v) is 5.36. The second-order valence-corrected chi connectivity index (χ2v) is 8.38. The van der Waals surface area contributed by atoms with Gasteiger partial charge in [-0.05, 0) is 48.4 Å². The minimum absolute atomic E-state index is 0.0435. The predicted octanol–water partition coefficient (Wildman–Crippen LogP) is 5.03. The van der Waals surface area contributed by atoms with Gasteiger partial charge in [-0.25, -0.2) is 4.99 Å². The van der Waals surface area contributed by atoms with Crippen LogP contribution in [-0.4, -0.2) is 23.8 Å². The topological polar surface area (TPSA) is 64.7 Å². The number of hydrogen-bond acceptors (Lipinski definition) is 6. The number of benzene rings is 1. The molecule has 5 rings (SSSR count). The van der Waals surface area contributed by atoms with Gasteiger partial charge < -0.3 is 9.26 Å². The molecule has 3 aromatic rings. The molecule has 0 amide bonds. The van der Waals surface area contributed by atoms with E-state index < -0.39 is 0 Å². The number of Topliss-reactive ketones (excluding diaryl/α,β-unsaturated/α-hetero) is 1. The summed E-state index contributed by atoms with van der Waals surface area (Å²) in [4.78, 5) is 19.3. The third kappa shape index (κ3) is 2.71. The zero-order valence-electron chi connectivity index (χ0n) is 15.7. The smallest absolute Gasteiger partial charge is 0.254 e. The standard InChI is InChI=1S/C22H20N2O3S/c1-12-19-21(18-4-3-9-28-18)20-16(23-22(19)27-24-12)10-14(11-17(20)25)13-5-7-15(26-2)8-6-13/h3-9,14,20-21H,10-11H2,1-2H3. The van der Waals surface area contributed by atoms with Crippen LogP contribution in [0.5, 0.6) is 5.75 Å². The highest BCUT2D eigenvalue weighted by Gasteiger charge is 2.46. The lowest BCUT2D eigenvalue weighted by Crippen LogP contribution is -2.38. The Labute approximate surface area is 167 Å². The third-order valence-electron chi connectivity index (χ3n) is 5.82. The Morgan fingerprint density at radius 3 is 2.68 bits per heavy atom. The SMILES string of the molecule is COc1ccc(C2CC(=O)C3C(=Nc4onc(C)c4C3c3cccs3)C2)cc1. The van der Waals surface area contributed by atoms with Gasteiger partial charge >= 0.3 is 0 Å². The number of thiophene rings is 1. The van der Waals surface area contributed by atoms with Gasteiger partial charge in [0.2, 0.25) is 0 Å². The Balaban J connectivity index is 1.55. The molecule has 0 N–H and O–H groups in total. The molecule has 2 aromatic heterocycles. The van der Waals surface area contributed by atoms with Crippen molar-refractivity contribution in [2.45, 2.75) is 31.6 Å². The molecule has 0 bridgehead atoms. The quantitative estimate of drug-likeness (QED) is 0.627. The van der Waals surface area contributed by atoms with Crippen LogP contribution in [0.4, 0.5) is 5.88 Å². The number of carbonyl (C=O) groups is 1. The van der Waals surface area contributed by atoms with Crippen LogP contribution in [0.25, 0.3) is 0 Å². The summed E-state index contributed by atoms with van der Waals surface area (Å²) in [5, 5.41) is 6.19. The summed E-state index contributed by atoms with van der Waals surface area (Å²) in [6.07, 6.45) is 1.28. The van der Waals surface area contributed by atoms with Gasteiger partial charge in [0.15, 0.2) is 0 Å². The third-order valence-corrected chi connectivity index (χ3v) is 6.78. The average molecular weight is 392 g/mol. The number of nitrogens with zero attached hydrogens (tertiary/aromatic N) is 2. The number of methoxy groups -OCH3 is 1. The van der Waals surface area contributed by atoms with Crippen molar-refractivity contribution in [2.24, 2.45) is 10.9 Å². The lowest BCUT2D eigenvalue weighted by Gasteiger charge is -2.36. The van der Waals surface area contributed by atoms with E-state index in [4.69, 9.17) is 14.3 Å². The van der Waals surface area contributed by atoms with Crippen LogP contribution in [-0.2, 0) is 4.79 Å². The van der Waals surface area contributed by atoms with Gasteiger partial charge in [0.05, 0.1) is 24.3 Å². The molecule has 3 heterocycles. The molecule has 1 aliphatic carbocycles. The van der Waals surface area contributed by atoms with E-state index >= 15 is 0 Å². The van der Waals surface area contributed by atoms with Crippen molar-refractivity contribution < 1.29 is 14.1 Å². The van der Waals surface area contributed by atoms with E-state index in [0.29, 0.717) is 12.3 Å². The summed E-state index contributed by atoms with van der Waals surface area (Å²) >= 11 is 1.67. The molecule has 3 unspecified atom stereocenters. The van der Waals surface area contributed by atoms with E-state index in [9.17, 15) is 4.79 Å². The van der Waals surface area contributed by atoms with Crippen LogP contribution in [0.2, 0.25) is 0 Å². The van der Waals surface area contributed by atoms with Gasteiger partial charge in [-0.2, -0.15) is 0 Å². The molecule has 5 nitrogen and oxygen atoms in total. The number of fused-ring (bicyclic) bond motifs is 2. The molecule has 28 heavy (non-hydrogen) atoms. The van der Waals surface area contributed by atoms with Crippen LogP contribution in [0, 0.1) is 12.8 Å². The number of aryl methyl sites for hydroxylation is 1. The summed E-state index contributed by atoms with van der Waals surface area (Å²) in [6.45, 7) is 1.93. The molecule has 1 aliphatic heterocycles. The van der Waals surface area contributed by atoms with Gasteiger partial charge in [-0.1, -0.05) is 23.4 Å². The number of aromatic nitrogens is 1. The summed E-state index contributed by atoms with van der Waals surface area (Å²) in [5.74, 6) is 1.49. The highest BCUT2D eigenvalue weighted by atomic mass is 32.1. The maximum atomic E-state index is 13.3.